The van der Waals surface area contributed by atoms with E-state index in [1.165, 1.54) is 0 Å². The summed E-state index contributed by atoms with van der Waals surface area (Å²) < 4.78 is 0.772. The molecule has 0 N–H and O–H groups in total. The summed E-state index contributed by atoms with van der Waals surface area (Å²) in [7, 11) is 1.92. The smallest absolute Gasteiger partial charge is 0.140 e. The van der Waals surface area contributed by atoms with Crippen LogP contribution in [0.25, 0.3) is 0 Å². The molecule has 3 nitrogen and oxygen atoms in total. The Bertz CT molecular complexity index is 386. The fourth-order valence-corrected chi connectivity index (χ4v) is 2.46. The topological polar surface area (TPSA) is 39.9 Å². The Hall–Kier alpha value is -1.12. The number of thiocarbonyl (C=S) groups is 1. The molecule has 0 aliphatic carbocycles. The molecule has 5 heteroatoms. The van der Waals surface area contributed by atoms with Crippen LogP contribution < -0.4 is 4.90 Å². The quantitative estimate of drug-likeness (QED) is 0.773. The van der Waals surface area contributed by atoms with Crippen LogP contribution in [0.2, 0.25) is 0 Å². The normalized spacial score (nSPS) is 11.6. The standard InChI is InChI=1S/C11H13N3S2/c1-9(3-6-12)16-11(15)14(2)10-4-7-13-8-5-10/h4-5,7-9H,3H2,1-2H3. The molecule has 1 aromatic heterocycles. The van der Waals surface area contributed by atoms with Crippen LogP contribution in [-0.4, -0.2) is 21.6 Å². The number of nitriles is 1. The van der Waals surface area contributed by atoms with Gasteiger partial charge in [0.25, 0.3) is 0 Å². The number of rotatable bonds is 3. The Kier molecular flexibility index (Phi) is 5.23. The Balaban J connectivity index is 2.59. The lowest BCUT2D eigenvalue weighted by Crippen LogP contribution is -2.23. The van der Waals surface area contributed by atoms with Crippen molar-refractivity contribution in [2.45, 2.75) is 18.6 Å². The van der Waals surface area contributed by atoms with Crippen molar-refractivity contribution in [2.24, 2.45) is 0 Å². The van der Waals surface area contributed by atoms with E-state index in [1.807, 2.05) is 31.0 Å². The van der Waals surface area contributed by atoms with Crippen LogP contribution in [0.15, 0.2) is 24.5 Å². The molecular formula is C11H13N3S2. The van der Waals surface area contributed by atoms with E-state index in [4.69, 9.17) is 17.5 Å². The van der Waals surface area contributed by atoms with Crippen molar-refractivity contribution in [1.82, 2.24) is 4.98 Å². The molecule has 1 atom stereocenters. The third-order valence-electron chi connectivity index (χ3n) is 2.00. The minimum absolute atomic E-state index is 0.224. The van der Waals surface area contributed by atoms with E-state index < -0.39 is 0 Å². The van der Waals surface area contributed by atoms with Crippen molar-refractivity contribution >= 4 is 34.0 Å². The van der Waals surface area contributed by atoms with Crippen LogP contribution in [0, 0.1) is 11.3 Å². The minimum Gasteiger partial charge on any atom is -0.330 e. The van der Waals surface area contributed by atoms with E-state index in [-0.39, 0.29) is 5.25 Å². The summed E-state index contributed by atoms with van der Waals surface area (Å²) in [4.78, 5) is 5.88. The summed E-state index contributed by atoms with van der Waals surface area (Å²) in [5.41, 5.74) is 1.01. The van der Waals surface area contributed by atoms with Crippen molar-refractivity contribution in [3.63, 3.8) is 0 Å². The van der Waals surface area contributed by atoms with Gasteiger partial charge in [-0.3, -0.25) is 4.98 Å². The van der Waals surface area contributed by atoms with Crippen molar-refractivity contribution in [3.8, 4) is 6.07 Å². The molecule has 0 aliphatic heterocycles. The highest BCUT2D eigenvalue weighted by molar-refractivity contribution is 8.23. The number of hydrogen-bond acceptors (Lipinski definition) is 4. The van der Waals surface area contributed by atoms with E-state index >= 15 is 0 Å². The van der Waals surface area contributed by atoms with Crippen LogP contribution in [0.4, 0.5) is 5.69 Å². The van der Waals surface area contributed by atoms with Crippen molar-refractivity contribution in [1.29, 1.82) is 5.26 Å². The fraction of sp³-hybridized carbons (Fsp3) is 0.364. The molecule has 0 spiro atoms. The van der Waals surface area contributed by atoms with Crippen LogP contribution >= 0.6 is 24.0 Å². The SMILES string of the molecule is CC(CC#N)SC(=S)N(C)c1ccncc1. The van der Waals surface area contributed by atoms with E-state index in [0.29, 0.717) is 6.42 Å². The molecule has 1 rings (SSSR count). The third kappa shape index (κ3) is 3.80. The number of aromatic nitrogens is 1. The highest BCUT2D eigenvalue weighted by Crippen LogP contribution is 2.21. The monoisotopic (exact) mass is 251 g/mol. The van der Waals surface area contributed by atoms with E-state index in [1.54, 1.807) is 24.2 Å². The van der Waals surface area contributed by atoms with Gasteiger partial charge in [-0.2, -0.15) is 5.26 Å². The van der Waals surface area contributed by atoms with Gasteiger partial charge in [-0.1, -0.05) is 30.9 Å². The molecule has 0 radical (unpaired) electrons. The number of thioether (sulfide) groups is 1. The second-order valence-corrected chi connectivity index (χ2v) is 5.39. The zero-order valence-corrected chi connectivity index (χ0v) is 10.9. The summed E-state index contributed by atoms with van der Waals surface area (Å²) in [5.74, 6) is 0. The van der Waals surface area contributed by atoms with E-state index in [0.717, 1.165) is 10.0 Å². The summed E-state index contributed by atoms with van der Waals surface area (Å²) in [6.45, 7) is 2.00. The van der Waals surface area contributed by atoms with Gasteiger partial charge >= 0.3 is 0 Å². The van der Waals surface area contributed by atoms with Crippen molar-refractivity contribution in [3.05, 3.63) is 24.5 Å². The van der Waals surface area contributed by atoms with Gasteiger partial charge in [0.1, 0.15) is 4.32 Å². The van der Waals surface area contributed by atoms with Crippen molar-refractivity contribution < 1.29 is 0 Å². The summed E-state index contributed by atoms with van der Waals surface area (Å²) in [5, 5.41) is 8.80. The highest BCUT2D eigenvalue weighted by Gasteiger charge is 2.11. The highest BCUT2D eigenvalue weighted by atomic mass is 32.2. The van der Waals surface area contributed by atoms with Gasteiger partial charge in [0.15, 0.2) is 0 Å². The van der Waals surface area contributed by atoms with Crippen LogP contribution in [-0.2, 0) is 0 Å². The van der Waals surface area contributed by atoms with Crippen LogP contribution in [0.5, 0.6) is 0 Å². The predicted octanol–water partition coefficient (Wildman–Crippen LogP) is 2.84. The van der Waals surface area contributed by atoms with Gasteiger partial charge in [0.05, 0.1) is 6.07 Å². The molecule has 0 amide bonds. The van der Waals surface area contributed by atoms with Gasteiger partial charge in [-0.15, -0.1) is 0 Å². The largest absolute Gasteiger partial charge is 0.330 e. The minimum atomic E-state index is 0.224. The van der Waals surface area contributed by atoms with Gasteiger partial charge in [-0.05, 0) is 12.1 Å². The molecular weight excluding hydrogens is 238 g/mol. The zero-order chi connectivity index (χ0) is 12.0. The molecule has 16 heavy (non-hydrogen) atoms. The van der Waals surface area contributed by atoms with E-state index in [2.05, 4.69) is 11.1 Å². The fourth-order valence-electron chi connectivity index (χ4n) is 1.09. The third-order valence-corrected chi connectivity index (χ3v) is 3.61. The average molecular weight is 251 g/mol. The summed E-state index contributed by atoms with van der Waals surface area (Å²) >= 11 is 6.85. The Morgan fingerprint density at radius 2 is 2.25 bits per heavy atom. The molecule has 0 fully saturated rings. The molecule has 1 unspecified atom stereocenters. The first kappa shape index (κ1) is 12.9. The lowest BCUT2D eigenvalue weighted by atomic mass is 10.4. The molecule has 0 aromatic carbocycles. The zero-order valence-electron chi connectivity index (χ0n) is 9.25. The summed E-state index contributed by atoms with van der Waals surface area (Å²) in [6.07, 6.45) is 3.98. The first-order valence-corrected chi connectivity index (χ1v) is 6.15. The lowest BCUT2D eigenvalue weighted by molar-refractivity contribution is 0.996. The maximum absolute atomic E-state index is 8.58. The molecule has 84 valence electrons. The van der Waals surface area contributed by atoms with E-state index in [9.17, 15) is 0 Å². The number of anilines is 1. The average Bonchev–Trinajstić information content (AvgIpc) is 2.29. The second kappa shape index (κ2) is 6.46. The first-order valence-electron chi connectivity index (χ1n) is 4.86. The van der Waals surface area contributed by atoms with Gasteiger partial charge in [0, 0.05) is 36.8 Å². The molecule has 0 saturated carbocycles. The van der Waals surface area contributed by atoms with Crippen LogP contribution in [0.3, 0.4) is 0 Å². The first-order chi connectivity index (χ1) is 7.65. The maximum Gasteiger partial charge on any atom is 0.140 e. The Labute approximate surface area is 105 Å². The second-order valence-electron chi connectivity index (χ2n) is 3.32. The van der Waals surface area contributed by atoms with Gasteiger partial charge in [-0.25, -0.2) is 0 Å². The Morgan fingerprint density at radius 1 is 1.62 bits per heavy atom. The molecule has 1 heterocycles. The summed E-state index contributed by atoms with van der Waals surface area (Å²) in [6, 6.07) is 5.95. The number of nitrogens with zero attached hydrogens (tertiary/aromatic N) is 3. The molecule has 0 bridgehead atoms. The van der Waals surface area contributed by atoms with Crippen LogP contribution in [0.1, 0.15) is 13.3 Å². The predicted molar refractivity (Wildman–Crippen MR) is 72.5 cm³/mol. The molecule has 0 saturated heterocycles. The number of hydrogen-bond donors (Lipinski definition) is 0. The molecule has 0 aliphatic rings. The molecule has 1 aromatic rings. The maximum atomic E-state index is 8.58. The Morgan fingerprint density at radius 3 is 2.81 bits per heavy atom. The number of pyridine rings is 1. The lowest BCUT2D eigenvalue weighted by Gasteiger charge is -2.20. The van der Waals surface area contributed by atoms with Crippen molar-refractivity contribution in [2.75, 3.05) is 11.9 Å². The van der Waals surface area contributed by atoms with Gasteiger partial charge < -0.3 is 4.90 Å². The van der Waals surface area contributed by atoms with Gasteiger partial charge in [0.2, 0.25) is 0 Å².